The van der Waals surface area contributed by atoms with E-state index >= 15 is 0 Å². The molecule has 1 unspecified atom stereocenters. The van der Waals surface area contributed by atoms with Crippen molar-refractivity contribution in [3.8, 4) is 0 Å². The summed E-state index contributed by atoms with van der Waals surface area (Å²) in [5.74, 6) is -0.737. The number of carboxylic acid groups (broad SMARTS) is 1. The largest absolute Gasteiger partial charge is 0.481 e. The number of ether oxygens (including phenoxy) is 1. The first kappa shape index (κ1) is 33.7. The molecule has 0 saturated heterocycles. The standard InChI is InChI=1S/C31H58O4/c1-3-5-7-9-11-12-13-14-15-16-18-24-28-31(34)35-29(25-21-17-10-8-6-4-2)26-22-19-20-23-27-30(32)33/h9,11,29H,3-8,10,12-28H2,1-2H3,(H,32,33)/b11-9-. The van der Waals surface area contributed by atoms with Crippen LogP contribution in [-0.2, 0) is 14.3 Å². The van der Waals surface area contributed by atoms with E-state index in [1.807, 2.05) is 0 Å². The summed E-state index contributed by atoms with van der Waals surface area (Å²) in [6.45, 7) is 4.47. The molecule has 0 aromatic carbocycles. The van der Waals surface area contributed by atoms with E-state index in [1.165, 1.54) is 83.5 Å². The van der Waals surface area contributed by atoms with Gasteiger partial charge in [-0.3, -0.25) is 9.59 Å². The van der Waals surface area contributed by atoms with Crippen LogP contribution in [0.25, 0.3) is 0 Å². The van der Waals surface area contributed by atoms with E-state index in [1.54, 1.807) is 0 Å². The number of allylic oxidation sites excluding steroid dienone is 2. The molecular weight excluding hydrogens is 436 g/mol. The summed E-state index contributed by atoms with van der Waals surface area (Å²) < 4.78 is 5.88. The maximum Gasteiger partial charge on any atom is 0.306 e. The number of carbonyl (C=O) groups excluding carboxylic acids is 1. The molecule has 0 aromatic rings. The van der Waals surface area contributed by atoms with Gasteiger partial charge in [0.2, 0.25) is 0 Å². The SMILES string of the molecule is CCCC/C=C\CCCCCCCCC(=O)OC(CCCCCCCC)CCCCCCC(=O)O. The molecule has 0 saturated carbocycles. The van der Waals surface area contributed by atoms with Gasteiger partial charge in [-0.25, -0.2) is 0 Å². The average molecular weight is 495 g/mol. The highest BCUT2D eigenvalue weighted by molar-refractivity contribution is 5.69. The summed E-state index contributed by atoms with van der Waals surface area (Å²) in [6, 6.07) is 0. The van der Waals surface area contributed by atoms with Gasteiger partial charge in [0, 0.05) is 12.8 Å². The molecule has 1 atom stereocenters. The van der Waals surface area contributed by atoms with Gasteiger partial charge >= 0.3 is 11.9 Å². The van der Waals surface area contributed by atoms with Gasteiger partial charge in [0.1, 0.15) is 6.10 Å². The zero-order chi connectivity index (χ0) is 25.8. The lowest BCUT2D eigenvalue weighted by Crippen LogP contribution is -2.18. The third-order valence-corrected chi connectivity index (χ3v) is 6.74. The van der Waals surface area contributed by atoms with Gasteiger partial charge in [0.05, 0.1) is 0 Å². The zero-order valence-electron chi connectivity index (χ0n) is 23.4. The smallest absolute Gasteiger partial charge is 0.306 e. The highest BCUT2D eigenvalue weighted by Gasteiger charge is 2.14. The maximum absolute atomic E-state index is 12.4. The van der Waals surface area contributed by atoms with Crippen LogP contribution in [0, 0.1) is 0 Å². The number of hydrogen-bond acceptors (Lipinski definition) is 3. The molecule has 0 spiro atoms. The fraction of sp³-hybridized carbons (Fsp3) is 0.871. The van der Waals surface area contributed by atoms with Crippen LogP contribution in [0.15, 0.2) is 12.2 Å². The van der Waals surface area contributed by atoms with Crippen LogP contribution in [-0.4, -0.2) is 23.1 Å². The molecule has 0 amide bonds. The van der Waals surface area contributed by atoms with Gasteiger partial charge < -0.3 is 9.84 Å². The number of rotatable bonds is 27. The lowest BCUT2D eigenvalue weighted by atomic mass is 10.0. The number of aliphatic carboxylic acids is 1. The van der Waals surface area contributed by atoms with E-state index < -0.39 is 5.97 Å². The second-order valence-corrected chi connectivity index (χ2v) is 10.3. The third kappa shape index (κ3) is 27.1. The van der Waals surface area contributed by atoms with E-state index in [2.05, 4.69) is 26.0 Å². The number of carboxylic acids is 1. The van der Waals surface area contributed by atoms with Crippen molar-refractivity contribution in [2.75, 3.05) is 0 Å². The summed E-state index contributed by atoms with van der Waals surface area (Å²) in [4.78, 5) is 23.1. The average Bonchev–Trinajstić information content (AvgIpc) is 2.83. The fourth-order valence-electron chi connectivity index (χ4n) is 4.46. The van der Waals surface area contributed by atoms with E-state index in [-0.39, 0.29) is 18.5 Å². The van der Waals surface area contributed by atoms with Crippen molar-refractivity contribution in [3.05, 3.63) is 12.2 Å². The first-order valence-electron chi connectivity index (χ1n) is 15.2. The van der Waals surface area contributed by atoms with E-state index in [0.717, 1.165) is 57.8 Å². The van der Waals surface area contributed by atoms with E-state index in [9.17, 15) is 9.59 Å². The van der Waals surface area contributed by atoms with Gasteiger partial charge in [0.15, 0.2) is 0 Å². The summed E-state index contributed by atoms with van der Waals surface area (Å²) >= 11 is 0. The van der Waals surface area contributed by atoms with E-state index in [0.29, 0.717) is 6.42 Å². The molecule has 206 valence electrons. The van der Waals surface area contributed by atoms with Crippen LogP contribution >= 0.6 is 0 Å². The molecule has 0 aromatic heterocycles. The molecule has 1 N–H and O–H groups in total. The minimum absolute atomic E-state index is 0.0240. The highest BCUT2D eigenvalue weighted by atomic mass is 16.5. The summed E-state index contributed by atoms with van der Waals surface area (Å²) in [5.41, 5.74) is 0. The summed E-state index contributed by atoms with van der Waals surface area (Å²) in [5, 5.41) is 8.76. The molecule has 0 rings (SSSR count). The number of carbonyl (C=O) groups is 2. The lowest BCUT2D eigenvalue weighted by Gasteiger charge is -2.18. The van der Waals surface area contributed by atoms with Gasteiger partial charge in [0.25, 0.3) is 0 Å². The minimum atomic E-state index is -0.713. The van der Waals surface area contributed by atoms with Crippen molar-refractivity contribution >= 4 is 11.9 Å². The molecule has 0 heterocycles. The van der Waals surface area contributed by atoms with Gasteiger partial charge in [-0.1, -0.05) is 109 Å². The molecule has 0 fully saturated rings. The normalized spacial score (nSPS) is 12.3. The third-order valence-electron chi connectivity index (χ3n) is 6.74. The lowest BCUT2D eigenvalue weighted by molar-refractivity contribution is -0.150. The van der Waals surface area contributed by atoms with Crippen molar-refractivity contribution in [1.29, 1.82) is 0 Å². The van der Waals surface area contributed by atoms with Crippen molar-refractivity contribution in [2.24, 2.45) is 0 Å². The van der Waals surface area contributed by atoms with Crippen LogP contribution in [0.4, 0.5) is 0 Å². The Hall–Kier alpha value is -1.32. The Morgan fingerprint density at radius 3 is 1.63 bits per heavy atom. The Kier molecular flexibility index (Phi) is 26.2. The molecule has 4 heteroatoms. The molecule has 0 aliphatic carbocycles. The van der Waals surface area contributed by atoms with Crippen LogP contribution in [0.1, 0.15) is 168 Å². The number of esters is 1. The van der Waals surface area contributed by atoms with E-state index in [4.69, 9.17) is 9.84 Å². The Morgan fingerprint density at radius 1 is 0.600 bits per heavy atom. The van der Waals surface area contributed by atoms with Crippen LogP contribution in [0.3, 0.4) is 0 Å². The molecule has 4 nitrogen and oxygen atoms in total. The fourth-order valence-corrected chi connectivity index (χ4v) is 4.46. The molecule has 0 radical (unpaired) electrons. The van der Waals surface area contributed by atoms with Crippen molar-refractivity contribution in [2.45, 2.75) is 174 Å². The van der Waals surface area contributed by atoms with Crippen molar-refractivity contribution < 1.29 is 19.4 Å². The van der Waals surface area contributed by atoms with Gasteiger partial charge in [-0.2, -0.15) is 0 Å². The van der Waals surface area contributed by atoms with Gasteiger partial charge in [-0.15, -0.1) is 0 Å². The van der Waals surface area contributed by atoms with Crippen LogP contribution < -0.4 is 0 Å². The topological polar surface area (TPSA) is 63.6 Å². The van der Waals surface area contributed by atoms with Crippen molar-refractivity contribution in [1.82, 2.24) is 0 Å². The maximum atomic E-state index is 12.4. The quantitative estimate of drug-likeness (QED) is 0.0701. The monoisotopic (exact) mass is 494 g/mol. The molecule has 0 aliphatic rings. The molecule has 0 aliphatic heterocycles. The zero-order valence-corrected chi connectivity index (χ0v) is 23.4. The molecule has 35 heavy (non-hydrogen) atoms. The predicted molar refractivity (Wildman–Crippen MR) is 149 cm³/mol. The Morgan fingerprint density at radius 2 is 1.06 bits per heavy atom. The highest BCUT2D eigenvalue weighted by Crippen LogP contribution is 2.18. The Labute approximate surface area is 217 Å². The second-order valence-electron chi connectivity index (χ2n) is 10.3. The molecule has 0 bridgehead atoms. The summed E-state index contributed by atoms with van der Waals surface area (Å²) in [7, 11) is 0. The number of hydrogen-bond donors (Lipinski definition) is 1. The second kappa shape index (κ2) is 27.3. The first-order valence-corrected chi connectivity index (χ1v) is 15.2. The first-order chi connectivity index (χ1) is 17.1. The molecular formula is C31H58O4. The predicted octanol–water partition coefficient (Wildman–Crippen LogP) is 9.94. The van der Waals surface area contributed by atoms with Crippen LogP contribution in [0.5, 0.6) is 0 Å². The Balaban J connectivity index is 3.96. The van der Waals surface area contributed by atoms with Crippen LogP contribution in [0.2, 0.25) is 0 Å². The Bertz CT molecular complexity index is 500. The van der Waals surface area contributed by atoms with Crippen molar-refractivity contribution in [3.63, 3.8) is 0 Å². The number of unbranched alkanes of at least 4 members (excludes halogenated alkanes) is 16. The van der Waals surface area contributed by atoms with Gasteiger partial charge in [-0.05, 0) is 57.8 Å². The minimum Gasteiger partial charge on any atom is -0.481 e. The summed E-state index contributed by atoms with van der Waals surface area (Å²) in [6.07, 6.45) is 30.7.